The molecule has 0 aliphatic rings. The third-order valence-electron chi connectivity index (χ3n) is 2.51. The van der Waals surface area contributed by atoms with Crippen LogP contribution < -0.4 is 10.1 Å². The molecule has 1 unspecified atom stereocenters. The van der Waals surface area contributed by atoms with Gasteiger partial charge in [-0.05, 0) is 6.07 Å². The Balaban J connectivity index is 2.55. The van der Waals surface area contributed by atoms with Gasteiger partial charge in [-0.1, -0.05) is 6.92 Å². The highest BCUT2D eigenvalue weighted by atomic mass is 16.5. The van der Waals surface area contributed by atoms with E-state index in [1.807, 2.05) is 0 Å². The van der Waals surface area contributed by atoms with Crippen LogP contribution in [0.1, 0.15) is 6.92 Å². The number of hydrogen-bond acceptors (Lipinski definition) is 4. The predicted octanol–water partition coefficient (Wildman–Crippen LogP) is 1.27. The highest BCUT2D eigenvalue weighted by Gasteiger charge is 2.17. The van der Waals surface area contributed by atoms with E-state index in [-0.39, 0.29) is 12.6 Å². The second-order valence-corrected chi connectivity index (χ2v) is 4.14. The Labute approximate surface area is 111 Å². The highest BCUT2D eigenvalue weighted by molar-refractivity contribution is 5.89. The molecule has 0 aromatic carbocycles. The number of amides is 2. The first-order valence-corrected chi connectivity index (χ1v) is 5.69. The monoisotopic (exact) mass is 267 g/mol. The molecule has 104 valence electrons. The van der Waals surface area contributed by atoms with E-state index in [4.69, 9.17) is 9.84 Å². The van der Waals surface area contributed by atoms with Gasteiger partial charge in [-0.3, -0.25) is 4.79 Å². The molecule has 0 aliphatic heterocycles. The fourth-order valence-corrected chi connectivity index (χ4v) is 1.37. The number of methoxy groups -OCH3 is 1. The molecule has 7 nitrogen and oxygen atoms in total. The molecule has 2 amide bonds. The topological polar surface area (TPSA) is 91.8 Å². The standard InChI is InChI=1S/C12H17N3O4/c1-8(11(16)17)7-15(2)12(18)14-9-4-5-10(19-3)13-6-9/h4-6,8H,7H2,1-3H3,(H,14,18)(H,16,17). The fraction of sp³-hybridized carbons (Fsp3) is 0.417. The molecule has 0 radical (unpaired) electrons. The van der Waals surface area contributed by atoms with Gasteiger partial charge in [0.05, 0.1) is 24.9 Å². The van der Waals surface area contributed by atoms with Gasteiger partial charge in [0.1, 0.15) is 0 Å². The summed E-state index contributed by atoms with van der Waals surface area (Å²) in [6, 6.07) is 2.88. The van der Waals surface area contributed by atoms with Crippen LogP contribution in [-0.4, -0.2) is 47.7 Å². The molecular weight excluding hydrogens is 250 g/mol. The first-order valence-electron chi connectivity index (χ1n) is 5.69. The van der Waals surface area contributed by atoms with Gasteiger partial charge >= 0.3 is 12.0 Å². The van der Waals surface area contributed by atoms with Crippen LogP contribution in [-0.2, 0) is 4.79 Å². The Bertz CT molecular complexity index is 447. The fourth-order valence-electron chi connectivity index (χ4n) is 1.37. The second kappa shape index (κ2) is 6.58. The van der Waals surface area contributed by atoms with Crippen molar-refractivity contribution in [1.29, 1.82) is 0 Å². The molecule has 1 heterocycles. The van der Waals surface area contributed by atoms with E-state index in [2.05, 4.69) is 10.3 Å². The number of ether oxygens (including phenoxy) is 1. The van der Waals surface area contributed by atoms with Crippen molar-refractivity contribution in [2.45, 2.75) is 6.92 Å². The molecule has 0 saturated heterocycles. The van der Waals surface area contributed by atoms with Crippen LogP contribution in [0.2, 0.25) is 0 Å². The minimum Gasteiger partial charge on any atom is -0.481 e. The number of rotatable bonds is 5. The maximum atomic E-state index is 11.8. The summed E-state index contributed by atoms with van der Waals surface area (Å²) in [5, 5.41) is 11.4. The summed E-state index contributed by atoms with van der Waals surface area (Å²) < 4.78 is 4.90. The number of pyridine rings is 1. The first kappa shape index (κ1) is 14.7. The van der Waals surface area contributed by atoms with Crippen LogP contribution in [0.25, 0.3) is 0 Å². The van der Waals surface area contributed by atoms with Crippen molar-refractivity contribution in [3.8, 4) is 5.88 Å². The highest BCUT2D eigenvalue weighted by Crippen LogP contribution is 2.11. The summed E-state index contributed by atoms with van der Waals surface area (Å²) in [6.45, 7) is 1.67. The minimum absolute atomic E-state index is 0.130. The summed E-state index contributed by atoms with van der Waals surface area (Å²) in [5.41, 5.74) is 0.514. The number of carbonyl (C=O) groups excluding carboxylic acids is 1. The Morgan fingerprint density at radius 2 is 2.21 bits per heavy atom. The first-order chi connectivity index (χ1) is 8.93. The molecule has 1 rings (SSSR count). The lowest BCUT2D eigenvalue weighted by atomic mass is 10.2. The quantitative estimate of drug-likeness (QED) is 0.838. The zero-order valence-corrected chi connectivity index (χ0v) is 11.1. The van der Waals surface area contributed by atoms with Crippen molar-refractivity contribution < 1.29 is 19.4 Å². The zero-order chi connectivity index (χ0) is 14.4. The number of carboxylic acids is 1. The average Bonchev–Trinajstić information content (AvgIpc) is 2.39. The van der Waals surface area contributed by atoms with Gasteiger partial charge in [0.15, 0.2) is 0 Å². The smallest absolute Gasteiger partial charge is 0.321 e. The van der Waals surface area contributed by atoms with Gasteiger partial charge in [-0.15, -0.1) is 0 Å². The molecule has 0 fully saturated rings. The number of carbonyl (C=O) groups is 2. The Morgan fingerprint density at radius 3 is 2.68 bits per heavy atom. The molecule has 1 atom stereocenters. The van der Waals surface area contributed by atoms with Crippen molar-refractivity contribution in [2.75, 3.05) is 26.0 Å². The minimum atomic E-state index is -0.939. The Kier molecular flexibility index (Phi) is 5.11. The summed E-state index contributed by atoms with van der Waals surface area (Å²) in [6.07, 6.45) is 1.46. The van der Waals surface area contributed by atoms with E-state index in [1.165, 1.54) is 25.3 Å². The molecule has 0 bridgehead atoms. The number of aromatic nitrogens is 1. The van der Waals surface area contributed by atoms with E-state index in [1.54, 1.807) is 19.1 Å². The van der Waals surface area contributed by atoms with E-state index in [0.717, 1.165) is 0 Å². The third kappa shape index (κ3) is 4.46. The molecule has 1 aromatic heterocycles. The van der Waals surface area contributed by atoms with Crippen LogP contribution in [0.4, 0.5) is 10.5 Å². The Hall–Kier alpha value is -2.31. The van der Waals surface area contributed by atoms with Crippen molar-refractivity contribution in [2.24, 2.45) is 5.92 Å². The number of nitrogens with zero attached hydrogens (tertiary/aromatic N) is 2. The number of anilines is 1. The van der Waals surface area contributed by atoms with Gasteiger partial charge < -0.3 is 20.1 Å². The second-order valence-electron chi connectivity index (χ2n) is 4.14. The normalized spacial score (nSPS) is 11.5. The largest absolute Gasteiger partial charge is 0.481 e. The molecule has 0 aliphatic carbocycles. The third-order valence-corrected chi connectivity index (χ3v) is 2.51. The van der Waals surface area contributed by atoms with Gasteiger partial charge in [0, 0.05) is 19.7 Å². The van der Waals surface area contributed by atoms with Crippen LogP contribution in [0.3, 0.4) is 0 Å². The van der Waals surface area contributed by atoms with Crippen LogP contribution in [0.5, 0.6) is 5.88 Å². The number of hydrogen-bond donors (Lipinski definition) is 2. The molecular formula is C12H17N3O4. The maximum absolute atomic E-state index is 11.8. The summed E-state index contributed by atoms with van der Waals surface area (Å²) in [4.78, 5) is 27.7. The average molecular weight is 267 g/mol. The van der Waals surface area contributed by atoms with E-state index in [9.17, 15) is 9.59 Å². The van der Waals surface area contributed by atoms with Gasteiger partial charge in [0.2, 0.25) is 5.88 Å². The zero-order valence-electron chi connectivity index (χ0n) is 11.1. The van der Waals surface area contributed by atoms with Crippen molar-refractivity contribution >= 4 is 17.7 Å². The molecule has 7 heteroatoms. The summed E-state index contributed by atoms with van der Waals surface area (Å²) in [7, 11) is 3.04. The number of urea groups is 1. The van der Waals surface area contributed by atoms with E-state index in [0.29, 0.717) is 11.6 Å². The van der Waals surface area contributed by atoms with Gasteiger partial charge in [-0.2, -0.15) is 0 Å². The van der Waals surface area contributed by atoms with Crippen molar-refractivity contribution in [3.63, 3.8) is 0 Å². The van der Waals surface area contributed by atoms with Crippen molar-refractivity contribution in [3.05, 3.63) is 18.3 Å². The lowest BCUT2D eigenvalue weighted by molar-refractivity contribution is -0.141. The summed E-state index contributed by atoms with van der Waals surface area (Å²) in [5.74, 6) is -1.11. The van der Waals surface area contributed by atoms with Crippen LogP contribution in [0, 0.1) is 5.92 Å². The summed E-state index contributed by atoms with van der Waals surface area (Å²) >= 11 is 0. The number of nitrogens with one attached hydrogen (secondary N) is 1. The molecule has 2 N–H and O–H groups in total. The van der Waals surface area contributed by atoms with Crippen LogP contribution >= 0.6 is 0 Å². The Morgan fingerprint density at radius 1 is 1.53 bits per heavy atom. The lowest BCUT2D eigenvalue weighted by Gasteiger charge is -2.19. The molecule has 0 spiro atoms. The lowest BCUT2D eigenvalue weighted by Crippen LogP contribution is -2.36. The maximum Gasteiger partial charge on any atom is 0.321 e. The molecule has 19 heavy (non-hydrogen) atoms. The number of carboxylic acid groups (broad SMARTS) is 1. The van der Waals surface area contributed by atoms with Crippen molar-refractivity contribution in [1.82, 2.24) is 9.88 Å². The predicted molar refractivity (Wildman–Crippen MR) is 69.2 cm³/mol. The SMILES string of the molecule is COc1ccc(NC(=O)N(C)CC(C)C(=O)O)cn1. The van der Waals surface area contributed by atoms with E-state index < -0.39 is 11.9 Å². The van der Waals surface area contributed by atoms with Gasteiger partial charge in [0.25, 0.3) is 0 Å². The van der Waals surface area contributed by atoms with E-state index >= 15 is 0 Å². The van der Waals surface area contributed by atoms with Crippen LogP contribution in [0.15, 0.2) is 18.3 Å². The molecule has 1 aromatic rings. The molecule has 0 saturated carbocycles. The number of aliphatic carboxylic acids is 1. The van der Waals surface area contributed by atoms with Gasteiger partial charge in [-0.25, -0.2) is 9.78 Å².